The van der Waals surface area contributed by atoms with Crippen LogP contribution in [-0.4, -0.2) is 31.7 Å². The van der Waals surface area contributed by atoms with Crippen LogP contribution >= 0.6 is 0 Å². The van der Waals surface area contributed by atoms with E-state index in [4.69, 9.17) is 4.98 Å². The lowest BCUT2D eigenvalue weighted by Crippen LogP contribution is -2.30. The van der Waals surface area contributed by atoms with Gasteiger partial charge in [0, 0.05) is 24.0 Å². The molecule has 0 spiro atoms. The fraction of sp³-hybridized carbons (Fsp3) is 0.182. The highest BCUT2D eigenvalue weighted by atomic mass is 16.1. The van der Waals surface area contributed by atoms with E-state index in [1.165, 1.54) is 0 Å². The van der Waals surface area contributed by atoms with E-state index < -0.39 is 0 Å². The topological polar surface area (TPSA) is 72.7 Å². The maximum absolute atomic E-state index is 12.8. The summed E-state index contributed by atoms with van der Waals surface area (Å²) in [5.74, 6) is -0.122. The first-order valence-corrected chi connectivity index (χ1v) is 9.23. The molecule has 0 saturated carbocycles. The highest BCUT2D eigenvalue weighted by Crippen LogP contribution is 2.25. The van der Waals surface area contributed by atoms with Crippen molar-refractivity contribution in [1.29, 1.82) is 0 Å². The van der Waals surface area contributed by atoms with Gasteiger partial charge in [-0.15, -0.1) is 0 Å². The molecule has 0 bridgehead atoms. The van der Waals surface area contributed by atoms with Crippen molar-refractivity contribution in [2.75, 3.05) is 0 Å². The maximum atomic E-state index is 12.8. The van der Waals surface area contributed by atoms with Gasteiger partial charge in [0.25, 0.3) is 5.91 Å². The third-order valence-corrected chi connectivity index (χ3v) is 4.42. The van der Waals surface area contributed by atoms with Gasteiger partial charge in [0.05, 0.1) is 29.4 Å². The summed E-state index contributed by atoms with van der Waals surface area (Å²) in [5, 5.41) is 8.22. The Kier molecular flexibility index (Phi) is 4.85. The number of amides is 1. The van der Waals surface area contributed by atoms with Crippen LogP contribution in [0.5, 0.6) is 0 Å². The molecule has 0 fully saturated rings. The van der Waals surface area contributed by atoms with Gasteiger partial charge in [0.15, 0.2) is 5.65 Å². The van der Waals surface area contributed by atoms with Gasteiger partial charge in [0.2, 0.25) is 0 Å². The second kappa shape index (κ2) is 7.60. The lowest BCUT2D eigenvalue weighted by atomic mass is 10.1. The molecule has 0 saturated heterocycles. The Balaban J connectivity index is 1.86. The third kappa shape index (κ3) is 3.62. The molecule has 0 aliphatic carbocycles. The van der Waals surface area contributed by atoms with Gasteiger partial charge in [-0.2, -0.15) is 5.10 Å². The van der Waals surface area contributed by atoms with Crippen molar-refractivity contribution < 1.29 is 4.79 Å². The van der Waals surface area contributed by atoms with Gasteiger partial charge >= 0.3 is 0 Å². The van der Waals surface area contributed by atoms with Crippen molar-refractivity contribution in [3.05, 3.63) is 78.2 Å². The summed E-state index contributed by atoms with van der Waals surface area (Å²) in [6.07, 6.45) is 5.23. The minimum atomic E-state index is -0.122. The molecule has 0 aliphatic heterocycles. The molecule has 3 aromatic heterocycles. The first-order chi connectivity index (χ1) is 13.6. The molecule has 1 amide bonds. The van der Waals surface area contributed by atoms with Crippen molar-refractivity contribution >= 4 is 16.9 Å². The third-order valence-electron chi connectivity index (χ3n) is 4.42. The second-order valence-electron chi connectivity index (χ2n) is 6.94. The van der Waals surface area contributed by atoms with E-state index in [9.17, 15) is 4.79 Å². The summed E-state index contributed by atoms with van der Waals surface area (Å²) in [6.45, 7) is 4.45. The largest absolute Gasteiger partial charge is 0.350 e. The molecule has 6 heteroatoms. The molecule has 4 aromatic rings. The number of hydrogen-bond acceptors (Lipinski definition) is 4. The zero-order chi connectivity index (χ0) is 19.5. The molecular weight excluding hydrogens is 350 g/mol. The fourth-order valence-corrected chi connectivity index (χ4v) is 3.11. The number of fused-ring (bicyclic) bond motifs is 1. The zero-order valence-corrected chi connectivity index (χ0v) is 15.8. The van der Waals surface area contributed by atoms with E-state index in [-0.39, 0.29) is 11.9 Å². The summed E-state index contributed by atoms with van der Waals surface area (Å²) in [7, 11) is 0. The first kappa shape index (κ1) is 17.9. The van der Waals surface area contributed by atoms with Gasteiger partial charge < -0.3 is 5.32 Å². The van der Waals surface area contributed by atoms with Crippen LogP contribution in [0.4, 0.5) is 0 Å². The molecule has 28 heavy (non-hydrogen) atoms. The minimum absolute atomic E-state index is 0.0442. The Morgan fingerprint density at radius 1 is 1.11 bits per heavy atom. The normalized spacial score (nSPS) is 11.1. The Hall–Kier alpha value is -3.54. The van der Waals surface area contributed by atoms with Crippen LogP contribution in [0.3, 0.4) is 0 Å². The number of benzene rings is 1. The molecule has 4 rings (SSSR count). The SMILES string of the molecule is CC(C)NC(=O)c1cc(-c2ccccc2)nc2c1cnn2Cc1ccncc1. The second-order valence-corrected chi connectivity index (χ2v) is 6.94. The fourth-order valence-electron chi connectivity index (χ4n) is 3.11. The molecule has 140 valence electrons. The lowest BCUT2D eigenvalue weighted by molar-refractivity contribution is 0.0944. The van der Waals surface area contributed by atoms with E-state index in [2.05, 4.69) is 15.4 Å². The number of carbonyl (C=O) groups is 1. The maximum Gasteiger partial charge on any atom is 0.252 e. The summed E-state index contributed by atoms with van der Waals surface area (Å²) in [5.41, 5.74) is 4.05. The van der Waals surface area contributed by atoms with Crippen LogP contribution in [0.25, 0.3) is 22.3 Å². The number of aromatic nitrogens is 4. The highest BCUT2D eigenvalue weighted by molar-refractivity contribution is 6.06. The van der Waals surface area contributed by atoms with E-state index in [1.807, 2.05) is 67.1 Å². The number of pyridine rings is 2. The molecule has 0 unspecified atom stereocenters. The molecule has 3 heterocycles. The highest BCUT2D eigenvalue weighted by Gasteiger charge is 2.18. The van der Waals surface area contributed by atoms with Gasteiger partial charge in [-0.25, -0.2) is 9.67 Å². The Morgan fingerprint density at radius 2 is 1.86 bits per heavy atom. The standard InChI is InChI=1S/C22H21N5O/c1-15(2)25-22(28)18-12-20(17-6-4-3-5-7-17)26-21-19(18)13-24-27(21)14-16-8-10-23-11-9-16/h3-13,15H,14H2,1-2H3,(H,25,28). The zero-order valence-electron chi connectivity index (χ0n) is 15.8. The number of nitrogens with zero attached hydrogens (tertiary/aromatic N) is 4. The first-order valence-electron chi connectivity index (χ1n) is 9.23. The molecule has 0 radical (unpaired) electrons. The van der Waals surface area contributed by atoms with Crippen molar-refractivity contribution in [2.45, 2.75) is 26.4 Å². The van der Waals surface area contributed by atoms with E-state index >= 15 is 0 Å². The quantitative estimate of drug-likeness (QED) is 0.581. The predicted octanol–water partition coefficient (Wildman–Crippen LogP) is 3.68. The van der Waals surface area contributed by atoms with Gasteiger partial charge in [-0.3, -0.25) is 9.78 Å². The number of rotatable bonds is 5. The smallest absolute Gasteiger partial charge is 0.252 e. The van der Waals surface area contributed by atoms with Crippen LogP contribution in [0.2, 0.25) is 0 Å². The molecule has 0 aliphatic rings. The van der Waals surface area contributed by atoms with E-state index in [1.54, 1.807) is 18.6 Å². The van der Waals surface area contributed by atoms with E-state index in [0.717, 1.165) is 22.2 Å². The molecule has 1 N–H and O–H groups in total. The van der Waals surface area contributed by atoms with Crippen LogP contribution in [-0.2, 0) is 6.54 Å². The van der Waals surface area contributed by atoms with Crippen LogP contribution in [0, 0.1) is 0 Å². The summed E-state index contributed by atoms with van der Waals surface area (Å²) >= 11 is 0. The van der Waals surface area contributed by atoms with Crippen LogP contribution in [0.1, 0.15) is 29.8 Å². The van der Waals surface area contributed by atoms with Crippen molar-refractivity contribution in [3.8, 4) is 11.3 Å². The van der Waals surface area contributed by atoms with Crippen molar-refractivity contribution in [2.24, 2.45) is 0 Å². The Morgan fingerprint density at radius 3 is 2.57 bits per heavy atom. The molecular formula is C22H21N5O. The predicted molar refractivity (Wildman–Crippen MR) is 109 cm³/mol. The minimum Gasteiger partial charge on any atom is -0.350 e. The number of hydrogen-bond donors (Lipinski definition) is 1. The summed E-state index contributed by atoms with van der Waals surface area (Å²) < 4.78 is 1.82. The Labute approximate surface area is 163 Å². The van der Waals surface area contributed by atoms with E-state index in [0.29, 0.717) is 17.8 Å². The molecule has 6 nitrogen and oxygen atoms in total. The van der Waals surface area contributed by atoms with Gasteiger partial charge in [-0.05, 0) is 37.6 Å². The molecule has 1 aromatic carbocycles. The van der Waals surface area contributed by atoms with Crippen molar-refractivity contribution in [1.82, 2.24) is 25.1 Å². The van der Waals surface area contributed by atoms with Crippen molar-refractivity contribution in [3.63, 3.8) is 0 Å². The van der Waals surface area contributed by atoms with Gasteiger partial charge in [-0.1, -0.05) is 30.3 Å². The Bertz CT molecular complexity index is 1100. The summed E-state index contributed by atoms with van der Waals surface area (Å²) in [4.78, 5) is 21.7. The van der Waals surface area contributed by atoms with Gasteiger partial charge in [0.1, 0.15) is 0 Å². The van der Waals surface area contributed by atoms with Crippen LogP contribution in [0.15, 0.2) is 67.1 Å². The average molecular weight is 371 g/mol. The number of nitrogens with one attached hydrogen (secondary N) is 1. The summed E-state index contributed by atoms with van der Waals surface area (Å²) in [6, 6.07) is 15.6. The molecule has 0 atom stereocenters. The average Bonchev–Trinajstić information content (AvgIpc) is 3.11. The lowest BCUT2D eigenvalue weighted by Gasteiger charge is -2.11. The van der Waals surface area contributed by atoms with Crippen LogP contribution < -0.4 is 5.32 Å². The number of carbonyl (C=O) groups excluding carboxylic acids is 1. The monoisotopic (exact) mass is 371 g/mol.